The molecule has 1 fully saturated rings. The summed E-state index contributed by atoms with van der Waals surface area (Å²) in [7, 11) is 0. The Balaban J connectivity index is 0.00000312. The maximum Gasteiger partial charge on any atom is 0.191 e. The van der Waals surface area contributed by atoms with E-state index in [0.717, 1.165) is 38.3 Å². The zero-order valence-electron chi connectivity index (χ0n) is 15.3. The molecule has 6 heteroatoms. The van der Waals surface area contributed by atoms with Crippen LogP contribution >= 0.6 is 24.0 Å². The van der Waals surface area contributed by atoms with E-state index >= 15 is 0 Å². The fraction of sp³-hybridized carbons (Fsp3) is 0.632. The van der Waals surface area contributed by atoms with Gasteiger partial charge in [-0.15, -0.1) is 24.0 Å². The van der Waals surface area contributed by atoms with Gasteiger partial charge in [0.15, 0.2) is 5.96 Å². The molecule has 1 saturated carbocycles. The van der Waals surface area contributed by atoms with Crippen LogP contribution in [-0.4, -0.2) is 42.9 Å². The van der Waals surface area contributed by atoms with Gasteiger partial charge in [0.05, 0.1) is 25.4 Å². The lowest BCUT2D eigenvalue weighted by Gasteiger charge is -2.35. The van der Waals surface area contributed by atoms with Crippen LogP contribution in [0, 0.1) is 5.92 Å². The molecule has 1 atom stereocenters. The minimum absolute atomic E-state index is 0. The van der Waals surface area contributed by atoms with Crippen LogP contribution in [0.3, 0.4) is 0 Å². The highest BCUT2D eigenvalue weighted by molar-refractivity contribution is 14.0. The molecular weight excluding hydrogens is 429 g/mol. The molecule has 5 nitrogen and oxygen atoms in total. The van der Waals surface area contributed by atoms with Crippen molar-refractivity contribution in [3.63, 3.8) is 0 Å². The van der Waals surface area contributed by atoms with Crippen molar-refractivity contribution >= 4 is 29.9 Å². The molecule has 0 bridgehead atoms. The summed E-state index contributed by atoms with van der Waals surface area (Å²) in [6.07, 6.45) is 2.82. The van der Waals surface area contributed by atoms with Crippen molar-refractivity contribution in [3.05, 3.63) is 35.9 Å². The average molecular weight is 461 g/mol. The van der Waals surface area contributed by atoms with E-state index in [1.54, 1.807) is 0 Å². The minimum atomic E-state index is -0.577. The van der Waals surface area contributed by atoms with Gasteiger partial charge < -0.3 is 20.5 Å². The van der Waals surface area contributed by atoms with Crippen LogP contribution in [0.4, 0.5) is 0 Å². The predicted molar refractivity (Wildman–Crippen MR) is 113 cm³/mol. The topological polar surface area (TPSA) is 65.9 Å². The molecule has 0 radical (unpaired) electrons. The number of halogens is 1. The van der Waals surface area contributed by atoms with Crippen molar-refractivity contribution in [2.45, 2.75) is 45.3 Å². The smallest absolute Gasteiger partial charge is 0.191 e. The Labute approximate surface area is 168 Å². The number of rotatable bonds is 9. The lowest BCUT2D eigenvalue weighted by molar-refractivity contribution is -0.0236. The molecule has 1 aromatic rings. The van der Waals surface area contributed by atoms with Crippen molar-refractivity contribution in [2.24, 2.45) is 10.9 Å². The number of aliphatic imine (C=N–C) groups is 1. The van der Waals surface area contributed by atoms with Gasteiger partial charge in [-0.05, 0) is 37.7 Å². The van der Waals surface area contributed by atoms with Gasteiger partial charge in [-0.25, -0.2) is 0 Å². The Morgan fingerprint density at radius 1 is 1.28 bits per heavy atom. The van der Waals surface area contributed by atoms with E-state index in [1.165, 1.54) is 5.56 Å². The average Bonchev–Trinajstić information content (AvgIpc) is 2.56. The third kappa shape index (κ3) is 8.37. The molecule has 1 aliphatic rings. The second-order valence-corrected chi connectivity index (χ2v) is 6.76. The highest BCUT2D eigenvalue weighted by Gasteiger charge is 2.34. The van der Waals surface area contributed by atoms with Gasteiger partial charge in [-0.2, -0.15) is 0 Å². The van der Waals surface area contributed by atoms with Crippen molar-refractivity contribution in [1.29, 1.82) is 0 Å². The molecule has 0 amide bonds. The van der Waals surface area contributed by atoms with Crippen LogP contribution in [0.1, 0.15) is 38.7 Å². The normalized spacial score (nSPS) is 17.2. The monoisotopic (exact) mass is 461 g/mol. The SMILES string of the molecule is CCNC(=NCC1(O)CCC1)NCC(C)COCc1ccccc1.I. The number of benzene rings is 1. The molecule has 0 aromatic heterocycles. The maximum absolute atomic E-state index is 10.1. The van der Waals surface area contributed by atoms with Gasteiger partial charge in [0, 0.05) is 13.1 Å². The maximum atomic E-state index is 10.1. The largest absolute Gasteiger partial charge is 0.388 e. The van der Waals surface area contributed by atoms with E-state index in [0.29, 0.717) is 25.7 Å². The zero-order chi connectivity index (χ0) is 17.3. The van der Waals surface area contributed by atoms with Gasteiger partial charge >= 0.3 is 0 Å². The first-order valence-corrected chi connectivity index (χ1v) is 8.97. The summed E-state index contributed by atoms with van der Waals surface area (Å²) in [5, 5.41) is 16.7. The molecule has 0 aliphatic heterocycles. The first-order valence-electron chi connectivity index (χ1n) is 8.97. The molecule has 1 aromatic carbocycles. The number of hydrogen-bond acceptors (Lipinski definition) is 3. The Hall–Kier alpha value is -0.860. The van der Waals surface area contributed by atoms with Crippen molar-refractivity contribution < 1.29 is 9.84 Å². The van der Waals surface area contributed by atoms with Crippen molar-refractivity contribution in [3.8, 4) is 0 Å². The van der Waals surface area contributed by atoms with Gasteiger partial charge in [-0.1, -0.05) is 37.3 Å². The number of nitrogens with zero attached hydrogens (tertiary/aromatic N) is 1. The Kier molecular flexibility index (Phi) is 10.4. The number of ether oxygens (including phenoxy) is 1. The van der Waals surface area contributed by atoms with Crippen molar-refractivity contribution in [1.82, 2.24) is 10.6 Å². The molecule has 0 saturated heterocycles. The first kappa shape index (κ1) is 22.2. The standard InChI is InChI=1S/C19H31N3O2.HI/c1-3-20-18(22-15-19(23)10-7-11-19)21-12-16(2)13-24-14-17-8-5-4-6-9-17;/h4-6,8-9,16,23H,3,7,10-15H2,1-2H3,(H2,20,21,22);1H. The molecule has 3 N–H and O–H groups in total. The van der Waals surface area contributed by atoms with Gasteiger partial charge in [0.25, 0.3) is 0 Å². The molecule has 25 heavy (non-hydrogen) atoms. The van der Waals surface area contributed by atoms with E-state index < -0.39 is 5.60 Å². The lowest BCUT2D eigenvalue weighted by Crippen LogP contribution is -2.44. The first-order chi connectivity index (χ1) is 11.6. The van der Waals surface area contributed by atoms with Gasteiger partial charge in [0.1, 0.15) is 0 Å². The predicted octanol–water partition coefficient (Wildman–Crippen LogP) is 2.93. The van der Waals surface area contributed by atoms with Crippen LogP contribution < -0.4 is 10.6 Å². The molecule has 0 heterocycles. The zero-order valence-corrected chi connectivity index (χ0v) is 17.7. The molecule has 142 valence electrons. The van der Waals surface area contributed by atoms with Crippen LogP contribution in [0.2, 0.25) is 0 Å². The molecule has 0 spiro atoms. The van der Waals surface area contributed by atoms with E-state index in [1.807, 2.05) is 25.1 Å². The van der Waals surface area contributed by atoms with E-state index in [-0.39, 0.29) is 24.0 Å². The summed E-state index contributed by atoms with van der Waals surface area (Å²) in [5.41, 5.74) is 0.619. The van der Waals surface area contributed by atoms with Gasteiger partial charge in [0.2, 0.25) is 0 Å². The summed E-state index contributed by atoms with van der Waals surface area (Å²) in [6.45, 7) is 7.61. The van der Waals surface area contributed by atoms with E-state index in [4.69, 9.17) is 4.74 Å². The van der Waals surface area contributed by atoms with Gasteiger partial charge in [-0.3, -0.25) is 4.99 Å². The van der Waals surface area contributed by atoms with Crippen LogP contribution in [0.5, 0.6) is 0 Å². The quantitative estimate of drug-likeness (QED) is 0.301. The van der Waals surface area contributed by atoms with Crippen LogP contribution in [0.15, 0.2) is 35.3 Å². The summed E-state index contributed by atoms with van der Waals surface area (Å²) in [5.74, 6) is 1.15. The Morgan fingerprint density at radius 3 is 2.60 bits per heavy atom. The summed E-state index contributed by atoms with van der Waals surface area (Å²) >= 11 is 0. The van der Waals surface area contributed by atoms with Crippen LogP contribution in [-0.2, 0) is 11.3 Å². The highest BCUT2D eigenvalue weighted by Crippen LogP contribution is 2.31. The third-order valence-electron chi connectivity index (χ3n) is 4.29. The second kappa shape index (κ2) is 11.7. The highest BCUT2D eigenvalue weighted by atomic mass is 127. The Bertz CT molecular complexity index is 507. The fourth-order valence-electron chi connectivity index (χ4n) is 2.59. The van der Waals surface area contributed by atoms with Crippen molar-refractivity contribution in [2.75, 3.05) is 26.2 Å². The molecule has 1 aliphatic carbocycles. The number of hydrogen-bond donors (Lipinski definition) is 3. The van der Waals surface area contributed by atoms with E-state index in [2.05, 4.69) is 34.7 Å². The molecular formula is C19H32IN3O2. The Morgan fingerprint density at radius 2 is 2.00 bits per heavy atom. The fourth-order valence-corrected chi connectivity index (χ4v) is 2.59. The van der Waals surface area contributed by atoms with Crippen LogP contribution in [0.25, 0.3) is 0 Å². The summed E-state index contributed by atoms with van der Waals surface area (Å²) < 4.78 is 5.77. The summed E-state index contributed by atoms with van der Waals surface area (Å²) in [6, 6.07) is 10.2. The number of nitrogens with one attached hydrogen (secondary N) is 2. The lowest BCUT2D eigenvalue weighted by atomic mass is 9.80. The minimum Gasteiger partial charge on any atom is -0.388 e. The number of guanidine groups is 1. The number of aliphatic hydroxyl groups is 1. The third-order valence-corrected chi connectivity index (χ3v) is 4.29. The summed E-state index contributed by atoms with van der Waals surface area (Å²) in [4.78, 5) is 4.51. The molecule has 1 unspecified atom stereocenters. The second-order valence-electron chi connectivity index (χ2n) is 6.76. The molecule has 2 rings (SSSR count). The van der Waals surface area contributed by atoms with E-state index in [9.17, 15) is 5.11 Å².